The number of nitrogens with zero attached hydrogens (tertiary/aromatic N) is 1. The van der Waals surface area contributed by atoms with Crippen LogP contribution < -0.4 is 11.3 Å². The monoisotopic (exact) mass is 245 g/mol. The second kappa shape index (κ2) is 6.23. The topological polar surface area (TPSA) is 50.9 Å². The molecule has 94 valence electrons. The van der Waals surface area contributed by atoms with E-state index < -0.39 is 0 Å². The van der Waals surface area contributed by atoms with Crippen LogP contribution in [0, 0.1) is 5.82 Å². The molecule has 1 aromatic carbocycles. The zero-order valence-corrected chi connectivity index (χ0v) is 10.0. The molecule has 1 atom stereocenters. The van der Waals surface area contributed by atoms with Gasteiger partial charge in [-0.1, -0.05) is 12.1 Å². The van der Waals surface area contributed by atoms with Crippen molar-refractivity contribution >= 4 is 0 Å². The molecular weight excluding hydrogens is 229 g/mol. The van der Waals surface area contributed by atoms with E-state index in [1.807, 2.05) is 12.1 Å². The molecule has 0 aliphatic carbocycles. The highest BCUT2D eigenvalue weighted by atomic mass is 19.1. The summed E-state index contributed by atoms with van der Waals surface area (Å²) in [6.45, 7) is 0. The third-order valence-electron chi connectivity index (χ3n) is 2.86. The van der Waals surface area contributed by atoms with Gasteiger partial charge < -0.3 is 0 Å². The van der Waals surface area contributed by atoms with Gasteiger partial charge in [0, 0.05) is 18.4 Å². The second-order valence-electron chi connectivity index (χ2n) is 4.25. The number of pyridine rings is 1. The van der Waals surface area contributed by atoms with Gasteiger partial charge in [-0.15, -0.1) is 0 Å². The molecule has 0 saturated heterocycles. The Morgan fingerprint density at radius 1 is 1.00 bits per heavy atom. The van der Waals surface area contributed by atoms with Crippen LogP contribution in [0.4, 0.5) is 4.39 Å². The van der Waals surface area contributed by atoms with E-state index in [1.165, 1.54) is 17.7 Å². The van der Waals surface area contributed by atoms with E-state index in [-0.39, 0.29) is 11.9 Å². The maximum Gasteiger partial charge on any atom is 0.123 e. The van der Waals surface area contributed by atoms with Crippen molar-refractivity contribution in [2.75, 3.05) is 0 Å². The number of benzene rings is 1. The van der Waals surface area contributed by atoms with Crippen molar-refractivity contribution < 1.29 is 4.39 Å². The average Bonchev–Trinajstić information content (AvgIpc) is 2.41. The van der Waals surface area contributed by atoms with Gasteiger partial charge in [-0.2, -0.15) is 0 Å². The zero-order chi connectivity index (χ0) is 12.8. The SMILES string of the molecule is NNC(Cc1ccncc1)Cc1ccc(F)cc1. The molecule has 0 aliphatic heterocycles. The summed E-state index contributed by atoms with van der Waals surface area (Å²) in [5, 5.41) is 0. The van der Waals surface area contributed by atoms with E-state index in [2.05, 4.69) is 10.4 Å². The largest absolute Gasteiger partial charge is 0.271 e. The maximum absolute atomic E-state index is 12.8. The Bertz CT molecular complexity index is 470. The van der Waals surface area contributed by atoms with E-state index in [0.717, 1.165) is 18.4 Å². The molecule has 0 fully saturated rings. The molecule has 1 heterocycles. The van der Waals surface area contributed by atoms with Crippen LogP contribution in [0.25, 0.3) is 0 Å². The molecule has 0 radical (unpaired) electrons. The summed E-state index contributed by atoms with van der Waals surface area (Å²) in [5.74, 6) is 5.34. The molecule has 3 N–H and O–H groups in total. The Hall–Kier alpha value is -1.78. The van der Waals surface area contributed by atoms with Crippen LogP contribution in [0.1, 0.15) is 11.1 Å². The van der Waals surface area contributed by atoms with Gasteiger partial charge in [-0.05, 0) is 48.2 Å². The van der Waals surface area contributed by atoms with E-state index >= 15 is 0 Å². The summed E-state index contributed by atoms with van der Waals surface area (Å²) < 4.78 is 12.8. The van der Waals surface area contributed by atoms with Gasteiger partial charge in [0.2, 0.25) is 0 Å². The lowest BCUT2D eigenvalue weighted by Crippen LogP contribution is -2.38. The fraction of sp³-hybridized carbons (Fsp3) is 0.214. The van der Waals surface area contributed by atoms with Gasteiger partial charge in [0.15, 0.2) is 0 Å². The van der Waals surface area contributed by atoms with E-state index in [1.54, 1.807) is 24.5 Å². The first-order chi connectivity index (χ1) is 8.78. The fourth-order valence-corrected chi connectivity index (χ4v) is 1.90. The molecule has 2 rings (SSSR count). The van der Waals surface area contributed by atoms with Crippen LogP contribution in [-0.4, -0.2) is 11.0 Å². The summed E-state index contributed by atoms with van der Waals surface area (Å²) in [7, 11) is 0. The lowest BCUT2D eigenvalue weighted by molar-refractivity contribution is 0.521. The van der Waals surface area contributed by atoms with Crippen molar-refractivity contribution in [2.45, 2.75) is 18.9 Å². The number of aromatic nitrogens is 1. The summed E-state index contributed by atoms with van der Waals surface area (Å²) in [4.78, 5) is 3.98. The van der Waals surface area contributed by atoms with Crippen LogP contribution in [0.2, 0.25) is 0 Å². The quantitative estimate of drug-likeness (QED) is 0.624. The Morgan fingerprint density at radius 2 is 1.56 bits per heavy atom. The first kappa shape index (κ1) is 12.7. The van der Waals surface area contributed by atoms with E-state index in [0.29, 0.717) is 0 Å². The molecule has 18 heavy (non-hydrogen) atoms. The molecule has 0 amide bonds. The highest BCUT2D eigenvalue weighted by Gasteiger charge is 2.08. The van der Waals surface area contributed by atoms with Crippen molar-refractivity contribution in [1.82, 2.24) is 10.4 Å². The highest BCUT2D eigenvalue weighted by molar-refractivity contribution is 5.19. The number of hydrazine groups is 1. The molecule has 0 spiro atoms. The highest BCUT2D eigenvalue weighted by Crippen LogP contribution is 2.09. The minimum atomic E-state index is -0.217. The van der Waals surface area contributed by atoms with Gasteiger partial charge in [0.25, 0.3) is 0 Å². The van der Waals surface area contributed by atoms with Crippen molar-refractivity contribution in [3.8, 4) is 0 Å². The summed E-state index contributed by atoms with van der Waals surface area (Å²) in [6.07, 6.45) is 5.11. The van der Waals surface area contributed by atoms with Gasteiger partial charge in [-0.3, -0.25) is 16.3 Å². The van der Waals surface area contributed by atoms with Crippen molar-refractivity contribution in [2.24, 2.45) is 5.84 Å². The third kappa shape index (κ3) is 3.61. The standard InChI is InChI=1S/C14H16FN3/c15-13-3-1-11(2-4-13)9-14(18-16)10-12-5-7-17-8-6-12/h1-8,14,18H,9-10,16H2. The van der Waals surface area contributed by atoms with Gasteiger partial charge in [0.1, 0.15) is 5.82 Å². The smallest absolute Gasteiger partial charge is 0.123 e. The third-order valence-corrected chi connectivity index (χ3v) is 2.86. The van der Waals surface area contributed by atoms with Crippen LogP contribution in [0.5, 0.6) is 0 Å². The van der Waals surface area contributed by atoms with Gasteiger partial charge >= 0.3 is 0 Å². The molecule has 1 unspecified atom stereocenters. The Labute approximate surface area is 106 Å². The number of rotatable bonds is 5. The number of halogens is 1. The number of hydrogen-bond donors (Lipinski definition) is 2. The molecular formula is C14H16FN3. The first-order valence-electron chi connectivity index (χ1n) is 5.87. The van der Waals surface area contributed by atoms with Crippen LogP contribution in [0.15, 0.2) is 48.8 Å². The molecule has 3 nitrogen and oxygen atoms in total. The molecule has 4 heteroatoms. The molecule has 1 aromatic heterocycles. The van der Waals surface area contributed by atoms with Crippen molar-refractivity contribution in [1.29, 1.82) is 0 Å². The predicted molar refractivity (Wildman–Crippen MR) is 69.2 cm³/mol. The summed E-state index contributed by atoms with van der Waals surface area (Å²) in [5.41, 5.74) is 5.04. The lowest BCUT2D eigenvalue weighted by atomic mass is 10.0. The summed E-state index contributed by atoms with van der Waals surface area (Å²) >= 11 is 0. The van der Waals surface area contributed by atoms with Gasteiger partial charge in [-0.25, -0.2) is 4.39 Å². The Morgan fingerprint density at radius 3 is 2.11 bits per heavy atom. The Balaban J connectivity index is 1.99. The number of nitrogens with one attached hydrogen (secondary N) is 1. The zero-order valence-electron chi connectivity index (χ0n) is 10.0. The molecule has 0 saturated carbocycles. The number of hydrogen-bond acceptors (Lipinski definition) is 3. The van der Waals surface area contributed by atoms with Crippen LogP contribution in [0.3, 0.4) is 0 Å². The predicted octanol–water partition coefficient (Wildman–Crippen LogP) is 1.84. The maximum atomic E-state index is 12.8. The van der Waals surface area contributed by atoms with Crippen molar-refractivity contribution in [3.05, 3.63) is 65.7 Å². The lowest BCUT2D eigenvalue weighted by Gasteiger charge is -2.15. The average molecular weight is 245 g/mol. The fourth-order valence-electron chi connectivity index (χ4n) is 1.90. The second-order valence-corrected chi connectivity index (χ2v) is 4.25. The minimum Gasteiger partial charge on any atom is -0.271 e. The van der Waals surface area contributed by atoms with Crippen molar-refractivity contribution in [3.63, 3.8) is 0 Å². The normalized spacial score (nSPS) is 12.3. The minimum absolute atomic E-state index is 0.123. The van der Waals surface area contributed by atoms with Crippen LogP contribution >= 0.6 is 0 Å². The Kier molecular flexibility index (Phi) is 4.39. The molecule has 2 aromatic rings. The van der Waals surface area contributed by atoms with Gasteiger partial charge in [0.05, 0.1) is 0 Å². The van der Waals surface area contributed by atoms with Crippen LogP contribution in [-0.2, 0) is 12.8 Å². The summed E-state index contributed by atoms with van der Waals surface area (Å²) in [6, 6.07) is 10.6. The molecule has 0 aliphatic rings. The van der Waals surface area contributed by atoms with E-state index in [9.17, 15) is 4.39 Å². The number of nitrogens with two attached hydrogens (primary N) is 1. The molecule has 0 bridgehead atoms. The first-order valence-corrected chi connectivity index (χ1v) is 5.87. The van der Waals surface area contributed by atoms with E-state index in [4.69, 9.17) is 5.84 Å².